The molecule has 1 fully saturated rings. The summed E-state index contributed by atoms with van der Waals surface area (Å²) in [7, 11) is -3.66. The van der Waals surface area contributed by atoms with Gasteiger partial charge in [-0.05, 0) is 26.2 Å². The zero-order valence-electron chi connectivity index (χ0n) is 19.3. The number of cyclic esters (lactones) is 1. The maximum atomic E-state index is 12.7. The van der Waals surface area contributed by atoms with Gasteiger partial charge in [-0.25, -0.2) is 9.36 Å². The normalized spacial score (nSPS) is 24.5. The molecular formula is C23H41O7P. The summed E-state index contributed by atoms with van der Waals surface area (Å²) in [5, 5.41) is 9.52. The standard InChI is InChI=1S/C23H41O7P/c1-3-21(24)15-13-11-9-7-5-4-6-8-10-12-14-16-28-31(26)29-18-20-17-27-23(25)22(20)19(2)30-31/h20-21,24H,3-18H2,1-2H3/t20-,21?,31-/m1/s1. The number of phosphoric acid groups is 1. The molecule has 0 aromatic carbocycles. The summed E-state index contributed by atoms with van der Waals surface area (Å²) in [6, 6.07) is 0. The van der Waals surface area contributed by atoms with Crippen molar-refractivity contribution < 1.29 is 32.8 Å². The highest BCUT2D eigenvalue weighted by molar-refractivity contribution is 7.48. The predicted octanol–water partition coefficient (Wildman–Crippen LogP) is 6.06. The van der Waals surface area contributed by atoms with Gasteiger partial charge in [0.2, 0.25) is 0 Å². The second-order valence-corrected chi connectivity index (χ2v) is 10.3. The van der Waals surface area contributed by atoms with Crippen molar-refractivity contribution >= 4 is 13.8 Å². The molecule has 1 unspecified atom stereocenters. The third-order valence-corrected chi connectivity index (χ3v) is 7.47. The first-order chi connectivity index (χ1) is 14.9. The molecule has 0 spiro atoms. The minimum Gasteiger partial charge on any atom is -0.461 e. The van der Waals surface area contributed by atoms with Gasteiger partial charge in [0.1, 0.15) is 12.4 Å². The summed E-state index contributed by atoms with van der Waals surface area (Å²) < 4.78 is 33.9. The summed E-state index contributed by atoms with van der Waals surface area (Å²) in [5.41, 5.74) is 0.414. The number of ether oxygens (including phenoxy) is 1. The van der Waals surface area contributed by atoms with E-state index in [1.54, 1.807) is 6.92 Å². The molecule has 0 saturated carbocycles. The van der Waals surface area contributed by atoms with Crippen LogP contribution in [-0.2, 0) is 27.7 Å². The van der Waals surface area contributed by atoms with E-state index in [-0.39, 0.29) is 31.0 Å². The molecule has 2 aliphatic rings. The van der Waals surface area contributed by atoms with Crippen LogP contribution >= 0.6 is 7.82 Å². The number of esters is 1. The molecule has 0 aromatic rings. The van der Waals surface area contributed by atoms with E-state index in [0.717, 1.165) is 38.5 Å². The van der Waals surface area contributed by atoms with Crippen LogP contribution in [0.5, 0.6) is 0 Å². The topological polar surface area (TPSA) is 91.3 Å². The lowest BCUT2D eigenvalue weighted by molar-refractivity contribution is -0.135. The van der Waals surface area contributed by atoms with Gasteiger partial charge in [-0.15, -0.1) is 0 Å². The average Bonchev–Trinajstić information content (AvgIpc) is 3.06. The molecule has 2 rings (SSSR count). The Balaban J connectivity index is 1.44. The molecule has 0 bridgehead atoms. The fraction of sp³-hybridized carbons (Fsp3) is 0.870. The number of aliphatic hydroxyl groups is 1. The van der Waals surface area contributed by atoms with Crippen molar-refractivity contribution in [2.75, 3.05) is 19.8 Å². The van der Waals surface area contributed by atoms with Crippen LogP contribution in [-0.4, -0.2) is 37.0 Å². The fourth-order valence-electron chi connectivity index (χ4n) is 4.01. The van der Waals surface area contributed by atoms with Crippen molar-refractivity contribution in [3.8, 4) is 0 Å². The lowest BCUT2D eigenvalue weighted by atomic mass is 10.0. The van der Waals surface area contributed by atoms with Crippen LogP contribution in [0.25, 0.3) is 0 Å². The molecule has 7 nitrogen and oxygen atoms in total. The molecule has 180 valence electrons. The Labute approximate surface area is 187 Å². The maximum absolute atomic E-state index is 12.7. The smallest absolute Gasteiger partial charge is 0.461 e. The highest BCUT2D eigenvalue weighted by Gasteiger charge is 2.42. The molecule has 0 amide bonds. The molecule has 31 heavy (non-hydrogen) atoms. The molecule has 0 aromatic heterocycles. The molecular weight excluding hydrogens is 419 g/mol. The van der Waals surface area contributed by atoms with Crippen molar-refractivity contribution in [2.24, 2.45) is 5.92 Å². The molecule has 2 aliphatic heterocycles. The first-order valence-corrected chi connectivity index (χ1v) is 13.6. The number of carbonyl (C=O) groups excluding carboxylic acids is 1. The van der Waals surface area contributed by atoms with Gasteiger partial charge >= 0.3 is 13.8 Å². The highest BCUT2D eigenvalue weighted by Crippen LogP contribution is 2.54. The number of hydrogen-bond acceptors (Lipinski definition) is 7. The molecule has 1 saturated heterocycles. The molecule has 8 heteroatoms. The number of aliphatic hydroxyl groups excluding tert-OH is 1. The van der Waals surface area contributed by atoms with Crippen LogP contribution in [0.3, 0.4) is 0 Å². The fourth-order valence-corrected chi connectivity index (χ4v) is 5.34. The second-order valence-electron chi connectivity index (χ2n) is 8.67. The summed E-state index contributed by atoms with van der Waals surface area (Å²) in [4.78, 5) is 11.7. The Morgan fingerprint density at radius 1 is 1.00 bits per heavy atom. The quantitative estimate of drug-likeness (QED) is 0.170. The van der Waals surface area contributed by atoms with Gasteiger partial charge in [0, 0.05) is 0 Å². The second kappa shape index (κ2) is 14.3. The number of rotatable bonds is 16. The van der Waals surface area contributed by atoms with Crippen molar-refractivity contribution in [3.63, 3.8) is 0 Å². The van der Waals surface area contributed by atoms with Gasteiger partial charge in [-0.1, -0.05) is 71.1 Å². The van der Waals surface area contributed by atoms with E-state index >= 15 is 0 Å². The number of allylic oxidation sites excluding steroid dienone is 1. The van der Waals surface area contributed by atoms with Crippen LogP contribution in [0, 0.1) is 5.92 Å². The van der Waals surface area contributed by atoms with Gasteiger partial charge in [0.15, 0.2) is 0 Å². The van der Waals surface area contributed by atoms with Gasteiger partial charge in [-0.3, -0.25) is 9.05 Å². The maximum Gasteiger partial charge on any atom is 0.529 e. The summed E-state index contributed by atoms with van der Waals surface area (Å²) in [5.74, 6) is -0.376. The number of carbonyl (C=O) groups is 1. The number of hydrogen-bond donors (Lipinski definition) is 1. The summed E-state index contributed by atoms with van der Waals surface area (Å²) in [6.07, 6.45) is 14.6. The molecule has 3 atom stereocenters. The molecule has 0 aliphatic carbocycles. The van der Waals surface area contributed by atoms with Crippen LogP contribution in [0.15, 0.2) is 11.3 Å². The molecule has 2 heterocycles. The number of phosphoric ester groups is 1. The summed E-state index contributed by atoms with van der Waals surface area (Å²) >= 11 is 0. The zero-order valence-corrected chi connectivity index (χ0v) is 20.2. The van der Waals surface area contributed by atoms with Crippen molar-refractivity contribution in [2.45, 2.75) is 103 Å². The van der Waals surface area contributed by atoms with E-state index in [9.17, 15) is 14.5 Å². The van der Waals surface area contributed by atoms with E-state index in [0.29, 0.717) is 12.2 Å². The van der Waals surface area contributed by atoms with Crippen LogP contribution in [0.2, 0.25) is 0 Å². The van der Waals surface area contributed by atoms with E-state index in [1.807, 2.05) is 6.92 Å². The first kappa shape index (κ1) is 26.4. The Hall–Kier alpha value is -0.880. The van der Waals surface area contributed by atoms with Gasteiger partial charge in [-0.2, -0.15) is 0 Å². The lowest BCUT2D eigenvalue weighted by Crippen LogP contribution is -2.10. The number of unbranched alkanes of at least 4 members (excludes halogenated alkanes) is 10. The monoisotopic (exact) mass is 460 g/mol. The Morgan fingerprint density at radius 3 is 2.19 bits per heavy atom. The largest absolute Gasteiger partial charge is 0.529 e. The van der Waals surface area contributed by atoms with E-state index in [4.69, 9.17) is 18.3 Å². The van der Waals surface area contributed by atoms with E-state index in [2.05, 4.69) is 0 Å². The lowest BCUT2D eigenvalue weighted by Gasteiger charge is -2.17. The zero-order chi connectivity index (χ0) is 22.5. The third kappa shape index (κ3) is 9.65. The summed E-state index contributed by atoms with van der Waals surface area (Å²) in [6.45, 7) is 4.30. The minimum atomic E-state index is -3.66. The molecule has 1 N–H and O–H groups in total. The van der Waals surface area contributed by atoms with Crippen LogP contribution in [0.1, 0.15) is 97.3 Å². The third-order valence-electron chi connectivity index (χ3n) is 6.01. The van der Waals surface area contributed by atoms with Crippen molar-refractivity contribution in [1.29, 1.82) is 0 Å². The SMILES string of the molecule is CCC(O)CCCCCCCCCCCCCO[P@]1(=O)OC[C@H]2COC(=O)C2=C(C)O1. The average molecular weight is 461 g/mol. The van der Waals surface area contributed by atoms with Crippen LogP contribution < -0.4 is 0 Å². The molecule has 0 radical (unpaired) electrons. The van der Waals surface area contributed by atoms with Crippen LogP contribution in [0.4, 0.5) is 0 Å². The van der Waals surface area contributed by atoms with E-state index < -0.39 is 13.8 Å². The first-order valence-electron chi connectivity index (χ1n) is 12.1. The Bertz CT molecular complexity index is 619. The van der Waals surface area contributed by atoms with Crippen molar-refractivity contribution in [1.82, 2.24) is 0 Å². The Morgan fingerprint density at radius 2 is 1.58 bits per heavy atom. The number of fused-ring (bicyclic) bond motifs is 1. The van der Waals surface area contributed by atoms with Gasteiger partial charge in [0.05, 0.1) is 30.8 Å². The minimum absolute atomic E-state index is 0.108. The van der Waals surface area contributed by atoms with E-state index in [1.165, 1.54) is 44.9 Å². The van der Waals surface area contributed by atoms with Crippen molar-refractivity contribution in [3.05, 3.63) is 11.3 Å². The Kier molecular flexibility index (Phi) is 12.2. The van der Waals surface area contributed by atoms with Gasteiger partial charge in [0.25, 0.3) is 0 Å². The highest BCUT2D eigenvalue weighted by atomic mass is 31.2. The predicted molar refractivity (Wildman–Crippen MR) is 119 cm³/mol. The van der Waals surface area contributed by atoms with Gasteiger partial charge < -0.3 is 14.4 Å².